The minimum absolute atomic E-state index is 0.211. The molecule has 0 spiro atoms. The van der Waals surface area contributed by atoms with Crippen LogP contribution in [0.4, 0.5) is 5.69 Å². The zero-order valence-electron chi connectivity index (χ0n) is 21.7. The fraction of sp³-hybridized carbons (Fsp3) is 0.423. The normalized spacial score (nSPS) is 16.7. The molecule has 1 saturated heterocycles. The molecule has 2 N–H and O–H groups in total. The van der Waals surface area contributed by atoms with E-state index < -0.39 is 0 Å². The molecule has 4 aromatic heterocycles. The van der Waals surface area contributed by atoms with Gasteiger partial charge in [-0.2, -0.15) is 10.2 Å². The highest BCUT2D eigenvalue weighted by Gasteiger charge is 2.33. The van der Waals surface area contributed by atoms with Crippen molar-refractivity contribution in [3.05, 3.63) is 53.4 Å². The first-order valence-corrected chi connectivity index (χ1v) is 13.5. The van der Waals surface area contributed by atoms with Crippen LogP contribution in [0.5, 0.6) is 0 Å². The zero-order valence-corrected chi connectivity index (χ0v) is 22.5. The molecule has 2 amide bonds. The SMILES string of the molecule is Cc1ncc(C(=O)NCCN2CC(C)(C)C2)cc1NC(=O)c1cnn2cc(-c3cnn4c3COCC4)sc12. The van der Waals surface area contributed by atoms with Gasteiger partial charge in [-0.15, -0.1) is 11.3 Å². The Morgan fingerprint density at radius 3 is 2.82 bits per heavy atom. The molecule has 0 unspecified atom stereocenters. The molecule has 11 nitrogen and oxygen atoms in total. The lowest BCUT2D eigenvalue weighted by molar-refractivity contribution is 0.0323. The first kappa shape index (κ1) is 24.7. The van der Waals surface area contributed by atoms with Crippen molar-refractivity contribution >= 4 is 33.7 Å². The van der Waals surface area contributed by atoms with Crippen LogP contribution >= 0.6 is 11.3 Å². The predicted molar refractivity (Wildman–Crippen MR) is 143 cm³/mol. The fourth-order valence-corrected chi connectivity index (χ4v) is 6.16. The number of nitrogens with one attached hydrogen (secondary N) is 2. The Bertz CT molecular complexity index is 1530. The maximum absolute atomic E-state index is 13.3. The highest BCUT2D eigenvalue weighted by molar-refractivity contribution is 7.21. The summed E-state index contributed by atoms with van der Waals surface area (Å²) < 4.78 is 9.27. The highest BCUT2D eigenvalue weighted by Crippen LogP contribution is 2.34. The molecule has 6 heterocycles. The molecule has 4 aromatic rings. The Morgan fingerprint density at radius 1 is 1.16 bits per heavy atom. The molecule has 38 heavy (non-hydrogen) atoms. The Kier molecular flexibility index (Phi) is 6.25. The minimum Gasteiger partial charge on any atom is -0.373 e. The van der Waals surface area contributed by atoms with Crippen molar-refractivity contribution in [2.24, 2.45) is 5.41 Å². The van der Waals surface area contributed by atoms with E-state index in [0.717, 1.165) is 47.1 Å². The van der Waals surface area contributed by atoms with E-state index in [9.17, 15) is 9.59 Å². The van der Waals surface area contributed by atoms with Crippen LogP contribution in [0.15, 0.2) is 30.9 Å². The predicted octanol–water partition coefficient (Wildman–Crippen LogP) is 2.82. The third kappa shape index (κ3) is 4.70. The van der Waals surface area contributed by atoms with Crippen molar-refractivity contribution in [3.63, 3.8) is 0 Å². The number of aromatic nitrogens is 5. The smallest absolute Gasteiger partial charge is 0.260 e. The fourth-order valence-electron chi connectivity index (χ4n) is 5.07. The summed E-state index contributed by atoms with van der Waals surface area (Å²) in [6, 6.07) is 1.67. The molecule has 0 radical (unpaired) electrons. The van der Waals surface area contributed by atoms with Crippen LogP contribution in [0.2, 0.25) is 0 Å². The number of aryl methyl sites for hydroxylation is 1. The molecule has 2 aliphatic heterocycles. The van der Waals surface area contributed by atoms with E-state index in [1.165, 1.54) is 17.5 Å². The largest absolute Gasteiger partial charge is 0.373 e. The first-order chi connectivity index (χ1) is 18.3. The number of rotatable bonds is 7. The molecule has 1 fully saturated rings. The van der Waals surface area contributed by atoms with Crippen LogP contribution in [-0.4, -0.2) is 73.9 Å². The molecule has 198 valence electrons. The molecule has 2 aliphatic rings. The van der Waals surface area contributed by atoms with E-state index in [1.54, 1.807) is 23.7 Å². The lowest BCUT2D eigenvalue weighted by Crippen LogP contribution is -2.54. The third-order valence-corrected chi connectivity index (χ3v) is 8.10. The van der Waals surface area contributed by atoms with Crippen molar-refractivity contribution in [1.29, 1.82) is 0 Å². The number of amides is 2. The lowest BCUT2D eigenvalue weighted by Gasteiger charge is -2.45. The number of hydrogen-bond donors (Lipinski definition) is 2. The van der Waals surface area contributed by atoms with Crippen LogP contribution in [-0.2, 0) is 17.9 Å². The van der Waals surface area contributed by atoms with Gasteiger partial charge in [-0.1, -0.05) is 13.8 Å². The molecule has 0 aromatic carbocycles. The zero-order chi connectivity index (χ0) is 26.4. The number of carbonyl (C=O) groups is 2. The summed E-state index contributed by atoms with van der Waals surface area (Å²) in [4.78, 5) is 34.3. The van der Waals surface area contributed by atoms with Crippen molar-refractivity contribution in [1.82, 2.24) is 34.6 Å². The van der Waals surface area contributed by atoms with Gasteiger partial charge in [-0.05, 0) is 18.4 Å². The Morgan fingerprint density at radius 2 is 2.00 bits per heavy atom. The van der Waals surface area contributed by atoms with Gasteiger partial charge in [-0.3, -0.25) is 19.3 Å². The number of fused-ring (bicyclic) bond motifs is 2. The monoisotopic (exact) mass is 534 g/mol. The second-order valence-electron chi connectivity index (χ2n) is 10.6. The Hall–Kier alpha value is -3.61. The summed E-state index contributed by atoms with van der Waals surface area (Å²) in [5.74, 6) is -0.520. The summed E-state index contributed by atoms with van der Waals surface area (Å²) >= 11 is 1.48. The number of carbonyl (C=O) groups excluding carboxylic acids is 2. The van der Waals surface area contributed by atoms with E-state index in [2.05, 4.69) is 44.6 Å². The molecule has 12 heteroatoms. The van der Waals surface area contributed by atoms with Crippen LogP contribution in [0.3, 0.4) is 0 Å². The number of anilines is 1. The average Bonchev–Trinajstić information content (AvgIpc) is 3.58. The van der Waals surface area contributed by atoms with E-state index in [4.69, 9.17) is 4.74 Å². The molecular weight excluding hydrogens is 504 g/mol. The van der Waals surface area contributed by atoms with Crippen LogP contribution < -0.4 is 10.6 Å². The molecule has 0 atom stereocenters. The van der Waals surface area contributed by atoms with E-state index in [-0.39, 0.29) is 11.8 Å². The standard InChI is InChI=1S/C26H30N8O3S/c1-16-20(8-17(9-28-16)23(35)27-4-5-32-14-26(2,3)15-32)31-24(36)19-11-30-34-12-22(38-25(19)34)18-10-29-33-6-7-37-13-21(18)33/h8-12H,4-7,13-15H2,1-3H3,(H,27,35)(H,31,36). The summed E-state index contributed by atoms with van der Waals surface area (Å²) in [6.07, 6.45) is 6.83. The number of pyridine rings is 1. The molecule has 0 bridgehead atoms. The number of likely N-dealkylation sites (tertiary alicyclic amines) is 1. The van der Waals surface area contributed by atoms with Gasteiger partial charge in [-0.25, -0.2) is 4.52 Å². The van der Waals surface area contributed by atoms with Crippen LogP contribution in [0.1, 0.15) is 46.0 Å². The number of nitrogens with zero attached hydrogens (tertiary/aromatic N) is 6. The second kappa shape index (κ2) is 9.61. The summed E-state index contributed by atoms with van der Waals surface area (Å²) in [6.45, 7) is 11.6. The van der Waals surface area contributed by atoms with Gasteiger partial charge in [0.05, 0.1) is 65.2 Å². The van der Waals surface area contributed by atoms with Crippen molar-refractivity contribution < 1.29 is 14.3 Å². The Labute approximate surface area is 223 Å². The summed E-state index contributed by atoms with van der Waals surface area (Å²) in [5, 5.41) is 14.7. The lowest BCUT2D eigenvalue weighted by atomic mass is 9.84. The maximum Gasteiger partial charge on any atom is 0.260 e. The Balaban J connectivity index is 1.15. The summed E-state index contributed by atoms with van der Waals surface area (Å²) in [7, 11) is 0. The molecular formula is C26H30N8O3S. The first-order valence-electron chi connectivity index (χ1n) is 12.7. The maximum atomic E-state index is 13.3. The van der Waals surface area contributed by atoms with Gasteiger partial charge in [0.15, 0.2) is 0 Å². The number of thiazole rings is 1. The van der Waals surface area contributed by atoms with E-state index in [1.807, 2.05) is 17.1 Å². The minimum atomic E-state index is -0.309. The van der Waals surface area contributed by atoms with Gasteiger partial charge < -0.3 is 20.3 Å². The molecule has 0 saturated carbocycles. The number of ether oxygens (including phenoxy) is 1. The number of hydrogen-bond acceptors (Lipinski definition) is 8. The molecule has 6 rings (SSSR count). The second-order valence-corrected chi connectivity index (χ2v) is 11.7. The topological polar surface area (TPSA) is 119 Å². The van der Waals surface area contributed by atoms with Crippen LogP contribution in [0.25, 0.3) is 15.3 Å². The quantitative estimate of drug-likeness (QED) is 0.374. The van der Waals surface area contributed by atoms with Gasteiger partial charge in [0.25, 0.3) is 11.8 Å². The van der Waals surface area contributed by atoms with Crippen LogP contribution in [0, 0.1) is 12.3 Å². The van der Waals surface area contributed by atoms with Gasteiger partial charge in [0, 0.05) is 44.1 Å². The van der Waals surface area contributed by atoms with E-state index in [0.29, 0.717) is 47.7 Å². The van der Waals surface area contributed by atoms with Crippen molar-refractivity contribution in [2.45, 2.75) is 33.9 Å². The van der Waals surface area contributed by atoms with Gasteiger partial charge in [0.1, 0.15) is 4.83 Å². The van der Waals surface area contributed by atoms with Crippen molar-refractivity contribution in [3.8, 4) is 10.4 Å². The van der Waals surface area contributed by atoms with E-state index >= 15 is 0 Å². The molecule has 0 aliphatic carbocycles. The summed E-state index contributed by atoms with van der Waals surface area (Å²) in [5.41, 5.74) is 4.34. The van der Waals surface area contributed by atoms with Gasteiger partial charge >= 0.3 is 0 Å². The highest BCUT2D eigenvalue weighted by atomic mass is 32.1. The van der Waals surface area contributed by atoms with Gasteiger partial charge in [0.2, 0.25) is 0 Å². The van der Waals surface area contributed by atoms with Crippen molar-refractivity contribution in [2.75, 3.05) is 38.1 Å². The third-order valence-electron chi connectivity index (χ3n) is 6.96. The average molecular weight is 535 g/mol.